The molecule has 3 aromatic carbocycles. The number of methoxy groups -OCH3 is 2. The van der Waals surface area contributed by atoms with Crippen LogP contribution in [0.4, 0.5) is 0 Å². The molecule has 0 N–H and O–H groups in total. The first-order valence-corrected chi connectivity index (χ1v) is 16.7. The van der Waals surface area contributed by atoms with Crippen molar-refractivity contribution < 1.29 is 42.7 Å². The second kappa shape index (κ2) is 15.4. The third kappa shape index (κ3) is 7.28. The fourth-order valence-corrected chi connectivity index (χ4v) is 7.23. The first-order valence-electron chi connectivity index (χ1n) is 16.7. The van der Waals surface area contributed by atoms with Crippen molar-refractivity contribution in [2.24, 2.45) is 0 Å². The molecular formula is C39H46O9. The Hall–Kier alpha value is -3.41. The minimum absolute atomic E-state index is 0.0867. The average Bonchev–Trinajstić information content (AvgIpc) is 3.64. The molecule has 3 aromatic rings. The number of carbonyl (C=O) groups is 1. The van der Waals surface area contributed by atoms with Gasteiger partial charge in [-0.05, 0) is 49.8 Å². The highest BCUT2D eigenvalue weighted by atomic mass is 16.8. The van der Waals surface area contributed by atoms with Crippen LogP contribution in [-0.2, 0) is 48.3 Å². The van der Waals surface area contributed by atoms with Crippen LogP contribution in [0.25, 0.3) is 0 Å². The van der Waals surface area contributed by atoms with E-state index in [4.69, 9.17) is 37.9 Å². The summed E-state index contributed by atoms with van der Waals surface area (Å²) in [5.41, 5.74) is 2.24. The molecule has 3 aliphatic heterocycles. The maximum atomic E-state index is 11.6. The molecule has 9 nitrogen and oxygen atoms in total. The van der Waals surface area contributed by atoms with E-state index in [1.165, 1.54) is 13.2 Å². The number of ether oxygens (including phenoxy) is 8. The van der Waals surface area contributed by atoms with Gasteiger partial charge in [-0.25, -0.2) is 4.79 Å². The van der Waals surface area contributed by atoms with Gasteiger partial charge in [0.1, 0.15) is 42.9 Å². The summed E-state index contributed by atoms with van der Waals surface area (Å²) in [6, 6.07) is 31.0. The maximum absolute atomic E-state index is 11.6. The van der Waals surface area contributed by atoms with Crippen molar-refractivity contribution in [3.8, 4) is 0 Å². The standard InChI is InChI=1S/C39H46O9/c1-38(2)47-34-30(22-14-15-23-32(40)42-4)45-35-33(43-26-41-3)31(46-36(35)37(34)48-38)24-25-44-39(27-16-8-5-9-17-27,28-18-10-6-11-19-28)29-20-12-7-13-21-29/h5-13,15-21,23,30-31,33-37H,14,22,24-26H2,1-4H3/b23-15+/t30-,31+,33-,34-,35-,36+,37-/m0/s1. The number of allylic oxidation sites excluding steroid dienone is 1. The number of benzene rings is 3. The molecule has 0 bridgehead atoms. The third-order valence-corrected chi connectivity index (χ3v) is 9.24. The summed E-state index contributed by atoms with van der Waals surface area (Å²) < 4.78 is 49.8. The highest BCUT2D eigenvalue weighted by Crippen LogP contribution is 2.46. The van der Waals surface area contributed by atoms with Crippen LogP contribution in [0.5, 0.6) is 0 Å². The van der Waals surface area contributed by atoms with E-state index >= 15 is 0 Å². The maximum Gasteiger partial charge on any atom is 0.330 e. The van der Waals surface area contributed by atoms with Crippen LogP contribution >= 0.6 is 0 Å². The van der Waals surface area contributed by atoms with Gasteiger partial charge in [-0.1, -0.05) is 97.1 Å². The molecule has 7 atom stereocenters. The summed E-state index contributed by atoms with van der Waals surface area (Å²) in [5.74, 6) is -1.20. The van der Waals surface area contributed by atoms with Crippen LogP contribution in [0.15, 0.2) is 103 Å². The van der Waals surface area contributed by atoms with Crippen LogP contribution in [0.2, 0.25) is 0 Å². The molecule has 3 heterocycles. The molecule has 0 saturated carbocycles. The van der Waals surface area contributed by atoms with E-state index in [0.29, 0.717) is 25.9 Å². The van der Waals surface area contributed by atoms with E-state index in [9.17, 15) is 4.79 Å². The van der Waals surface area contributed by atoms with Crippen LogP contribution in [0.3, 0.4) is 0 Å². The fourth-order valence-electron chi connectivity index (χ4n) is 7.23. The summed E-state index contributed by atoms with van der Waals surface area (Å²) in [6.07, 6.45) is 2.37. The summed E-state index contributed by atoms with van der Waals surface area (Å²) >= 11 is 0. The minimum Gasteiger partial charge on any atom is -0.466 e. The Bertz CT molecular complexity index is 1380. The highest BCUT2D eigenvalue weighted by molar-refractivity contribution is 5.81. The first kappa shape index (κ1) is 34.5. The van der Waals surface area contributed by atoms with Crippen LogP contribution in [0.1, 0.15) is 49.8 Å². The average molecular weight is 659 g/mol. The molecule has 0 amide bonds. The lowest BCUT2D eigenvalue weighted by Gasteiger charge is -2.39. The molecule has 0 aromatic heterocycles. The lowest BCUT2D eigenvalue weighted by Crippen LogP contribution is -2.57. The summed E-state index contributed by atoms with van der Waals surface area (Å²) in [4.78, 5) is 11.6. The molecule has 6 rings (SSSR count). The van der Waals surface area contributed by atoms with Crippen LogP contribution in [-0.4, -0.2) is 82.1 Å². The van der Waals surface area contributed by atoms with Gasteiger partial charge < -0.3 is 37.9 Å². The van der Waals surface area contributed by atoms with Crippen molar-refractivity contribution >= 4 is 5.97 Å². The number of esters is 1. The Morgan fingerprint density at radius 2 is 1.31 bits per heavy atom. The molecule has 0 aliphatic carbocycles. The van der Waals surface area contributed by atoms with Gasteiger partial charge in [0.2, 0.25) is 0 Å². The summed E-state index contributed by atoms with van der Waals surface area (Å²) in [6.45, 7) is 4.27. The van der Waals surface area contributed by atoms with Gasteiger partial charge in [0.05, 0.1) is 25.9 Å². The second-order valence-electron chi connectivity index (χ2n) is 12.8. The van der Waals surface area contributed by atoms with E-state index in [-0.39, 0.29) is 31.2 Å². The Morgan fingerprint density at radius 1 is 0.750 bits per heavy atom. The Kier molecular flexibility index (Phi) is 11.1. The lowest BCUT2D eigenvalue weighted by molar-refractivity contribution is -0.194. The highest BCUT2D eigenvalue weighted by Gasteiger charge is 2.61. The summed E-state index contributed by atoms with van der Waals surface area (Å²) in [7, 11) is 2.96. The van der Waals surface area contributed by atoms with Gasteiger partial charge >= 0.3 is 5.97 Å². The quantitative estimate of drug-likeness (QED) is 0.0904. The first-order chi connectivity index (χ1) is 23.4. The number of carbonyl (C=O) groups excluding carboxylic acids is 1. The Balaban J connectivity index is 1.25. The van der Waals surface area contributed by atoms with E-state index in [1.54, 1.807) is 13.2 Å². The second-order valence-corrected chi connectivity index (χ2v) is 12.8. The zero-order chi connectivity index (χ0) is 33.6. The van der Waals surface area contributed by atoms with Crippen LogP contribution in [0, 0.1) is 0 Å². The molecule has 0 spiro atoms. The predicted octanol–water partition coefficient (Wildman–Crippen LogP) is 5.94. The van der Waals surface area contributed by atoms with Gasteiger partial charge in [0.15, 0.2) is 5.79 Å². The van der Waals surface area contributed by atoms with E-state index in [1.807, 2.05) is 68.4 Å². The predicted molar refractivity (Wildman–Crippen MR) is 178 cm³/mol. The smallest absolute Gasteiger partial charge is 0.330 e. The van der Waals surface area contributed by atoms with E-state index in [0.717, 1.165) is 16.7 Å². The largest absolute Gasteiger partial charge is 0.466 e. The fraction of sp³-hybridized carbons (Fsp3) is 0.462. The van der Waals surface area contributed by atoms with E-state index in [2.05, 4.69) is 36.4 Å². The third-order valence-electron chi connectivity index (χ3n) is 9.24. The Morgan fingerprint density at radius 3 is 1.88 bits per heavy atom. The number of hydrogen-bond donors (Lipinski definition) is 0. The normalized spacial score (nSPS) is 27.9. The van der Waals surface area contributed by atoms with Crippen molar-refractivity contribution in [3.05, 3.63) is 120 Å². The molecule has 3 aliphatic rings. The zero-order valence-corrected chi connectivity index (χ0v) is 28.1. The zero-order valence-electron chi connectivity index (χ0n) is 28.1. The molecule has 3 saturated heterocycles. The van der Waals surface area contributed by atoms with Crippen molar-refractivity contribution in [3.63, 3.8) is 0 Å². The molecule has 256 valence electrons. The van der Waals surface area contributed by atoms with Gasteiger partial charge in [-0.3, -0.25) is 0 Å². The van der Waals surface area contributed by atoms with Crippen molar-refractivity contribution in [1.29, 1.82) is 0 Å². The van der Waals surface area contributed by atoms with Crippen molar-refractivity contribution in [2.45, 2.75) is 87.2 Å². The van der Waals surface area contributed by atoms with Gasteiger partial charge in [0.25, 0.3) is 0 Å². The monoisotopic (exact) mass is 658 g/mol. The number of rotatable bonds is 14. The Labute approximate surface area is 283 Å². The molecule has 9 heteroatoms. The lowest BCUT2D eigenvalue weighted by atomic mass is 9.80. The molecule has 3 fully saturated rings. The van der Waals surface area contributed by atoms with Gasteiger partial charge in [-0.15, -0.1) is 0 Å². The molecule has 0 unspecified atom stereocenters. The topological polar surface area (TPSA) is 90.9 Å². The van der Waals surface area contributed by atoms with Crippen LogP contribution < -0.4 is 0 Å². The summed E-state index contributed by atoms with van der Waals surface area (Å²) in [5, 5.41) is 0. The molecular weight excluding hydrogens is 612 g/mol. The minimum atomic E-state index is -0.852. The molecule has 0 radical (unpaired) electrons. The van der Waals surface area contributed by atoms with Crippen molar-refractivity contribution in [1.82, 2.24) is 0 Å². The number of hydrogen-bond acceptors (Lipinski definition) is 9. The van der Waals surface area contributed by atoms with Gasteiger partial charge in [-0.2, -0.15) is 0 Å². The van der Waals surface area contributed by atoms with E-state index < -0.39 is 35.7 Å². The number of fused-ring (bicyclic) bond motifs is 3. The van der Waals surface area contributed by atoms with Crippen molar-refractivity contribution in [2.75, 3.05) is 27.6 Å². The molecule has 48 heavy (non-hydrogen) atoms. The SMILES string of the molecule is COCO[C@@H]1[C@@H]2O[C@@H](CC/C=C/C(=O)OC)[C@@H]3OC(C)(C)O[C@@H]3[C@@H]2O[C@@H]1CCOC(c1ccccc1)(c1ccccc1)c1ccccc1. The van der Waals surface area contributed by atoms with Gasteiger partial charge in [0, 0.05) is 13.2 Å².